The summed E-state index contributed by atoms with van der Waals surface area (Å²) in [6, 6.07) is 4.68. The number of nitrogens with one attached hydrogen (secondary N) is 1. The Labute approximate surface area is 154 Å². The van der Waals surface area contributed by atoms with Crippen molar-refractivity contribution in [3.05, 3.63) is 46.8 Å². The molecule has 0 atom stereocenters. The van der Waals surface area contributed by atoms with E-state index in [0.29, 0.717) is 17.9 Å². The van der Waals surface area contributed by atoms with E-state index in [1.165, 1.54) is 30.1 Å². The average molecular weight is 383 g/mol. The SMILES string of the molecule is Cc1noc(C)c1CCC(=O)N(C)CC(=O)Nc1ccccc1C(F)(F)F. The van der Waals surface area contributed by atoms with Gasteiger partial charge in [-0.2, -0.15) is 13.2 Å². The fraction of sp³-hybridized carbons (Fsp3) is 0.389. The highest BCUT2D eigenvalue weighted by Crippen LogP contribution is 2.34. The summed E-state index contributed by atoms with van der Waals surface area (Å²) in [7, 11) is 1.42. The highest BCUT2D eigenvalue weighted by Gasteiger charge is 2.33. The number of anilines is 1. The number of likely N-dealkylation sites (N-methyl/N-ethyl adjacent to an activating group) is 1. The Morgan fingerprint density at radius 1 is 1.22 bits per heavy atom. The van der Waals surface area contributed by atoms with Crippen LogP contribution in [0.3, 0.4) is 0 Å². The number of aryl methyl sites for hydroxylation is 2. The summed E-state index contributed by atoms with van der Waals surface area (Å²) >= 11 is 0. The smallest absolute Gasteiger partial charge is 0.361 e. The Morgan fingerprint density at radius 2 is 1.89 bits per heavy atom. The number of benzene rings is 1. The lowest BCUT2D eigenvalue weighted by molar-refractivity contribution is -0.137. The molecular formula is C18H20F3N3O3. The predicted molar refractivity (Wildman–Crippen MR) is 92.0 cm³/mol. The molecule has 0 saturated heterocycles. The van der Waals surface area contributed by atoms with Gasteiger partial charge in [0.25, 0.3) is 0 Å². The summed E-state index contributed by atoms with van der Waals surface area (Å²) in [5.74, 6) is -0.390. The first kappa shape index (κ1) is 20.5. The van der Waals surface area contributed by atoms with E-state index in [-0.39, 0.29) is 24.6 Å². The van der Waals surface area contributed by atoms with Gasteiger partial charge in [0.2, 0.25) is 11.8 Å². The van der Waals surface area contributed by atoms with Crippen LogP contribution in [-0.2, 0) is 22.2 Å². The molecule has 0 unspecified atom stereocenters. The van der Waals surface area contributed by atoms with Crippen molar-refractivity contribution in [2.75, 3.05) is 18.9 Å². The summed E-state index contributed by atoms with van der Waals surface area (Å²) in [4.78, 5) is 25.4. The molecule has 1 heterocycles. The first-order chi connectivity index (χ1) is 12.6. The van der Waals surface area contributed by atoms with E-state index < -0.39 is 17.6 Å². The molecule has 1 aromatic heterocycles. The van der Waals surface area contributed by atoms with Crippen LogP contribution in [0.4, 0.5) is 18.9 Å². The third kappa shape index (κ3) is 5.32. The Hall–Kier alpha value is -2.84. The summed E-state index contributed by atoms with van der Waals surface area (Å²) < 4.78 is 43.9. The van der Waals surface area contributed by atoms with Crippen LogP contribution >= 0.6 is 0 Å². The van der Waals surface area contributed by atoms with Gasteiger partial charge in [-0.1, -0.05) is 17.3 Å². The lowest BCUT2D eigenvalue weighted by Gasteiger charge is -2.18. The van der Waals surface area contributed by atoms with Gasteiger partial charge in [-0.15, -0.1) is 0 Å². The number of aromatic nitrogens is 1. The van der Waals surface area contributed by atoms with Crippen molar-refractivity contribution in [2.45, 2.75) is 32.9 Å². The standard InChI is InChI=1S/C18H20F3N3O3/c1-11-13(12(2)27-23-11)8-9-17(26)24(3)10-16(25)22-15-7-5-4-6-14(15)18(19,20)21/h4-7H,8-10H2,1-3H3,(H,22,25). The number of rotatable bonds is 6. The lowest BCUT2D eigenvalue weighted by Crippen LogP contribution is -2.35. The van der Waals surface area contributed by atoms with E-state index >= 15 is 0 Å². The average Bonchev–Trinajstić information content (AvgIpc) is 2.90. The van der Waals surface area contributed by atoms with Crippen LogP contribution in [0, 0.1) is 13.8 Å². The van der Waals surface area contributed by atoms with Gasteiger partial charge >= 0.3 is 6.18 Å². The second-order valence-corrected chi connectivity index (χ2v) is 6.14. The molecular weight excluding hydrogens is 363 g/mol. The molecule has 0 radical (unpaired) electrons. The van der Waals surface area contributed by atoms with E-state index in [1.54, 1.807) is 13.8 Å². The van der Waals surface area contributed by atoms with Crippen LogP contribution in [0.1, 0.15) is 29.0 Å². The van der Waals surface area contributed by atoms with Crippen LogP contribution in [0.5, 0.6) is 0 Å². The van der Waals surface area contributed by atoms with Gasteiger partial charge in [0, 0.05) is 19.0 Å². The zero-order valence-electron chi connectivity index (χ0n) is 15.2. The highest BCUT2D eigenvalue weighted by molar-refractivity contribution is 5.95. The van der Waals surface area contributed by atoms with Crippen molar-refractivity contribution >= 4 is 17.5 Å². The minimum absolute atomic E-state index is 0.131. The third-order valence-corrected chi connectivity index (χ3v) is 4.08. The van der Waals surface area contributed by atoms with Gasteiger partial charge < -0.3 is 14.7 Å². The zero-order chi connectivity index (χ0) is 20.2. The summed E-state index contributed by atoms with van der Waals surface area (Å²) in [5, 5.41) is 6.02. The number of para-hydroxylation sites is 1. The second kappa shape index (κ2) is 8.24. The normalized spacial score (nSPS) is 11.3. The van der Waals surface area contributed by atoms with Crippen LogP contribution in [0.25, 0.3) is 0 Å². The largest absolute Gasteiger partial charge is 0.418 e. The van der Waals surface area contributed by atoms with Crippen LogP contribution in [-0.4, -0.2) is 35.5 Å². The number of hydrogen-bond donors (Lipinski definition) is 1. The molecule has 0 spiro atoms. The number of carbonyl (C=O) groups is 2. The quantitative estimate of drug-likeness (QED) is 0.830. The molecule has 146 valence electrons. The number of nitrogens with zero attached hydrogens (tertiary/aromatic N) is 2. The number of halogens is 3. The Morgan fingerprint density at radius 3 is 2.48 bits per heavy atom. The maximum atomic E-state index is 13.0. The monoisotopic (exact) mass is 383 g/mol. The van der Waals surface area contributed by atoms with Crippen LogP contribution < -0.4 is 5.32 Å². The molecule has 9 heteroatoms. The summed E-state index contributed by atoms with van der Waals surface area (Å²) in [5.41, 5.74) is 0.252. The fourth-order valence-corrected chi connectivity index (χ4v) is 2.61. The Bertz CT molecular complexity index is 811. The van der Waals surface area contributed by atoms with Crippen LogP contribution in [0.15, 0.2) is 28.8 Å². The van der Waals surface area contributed by atoms with E-state index in [9.17, 15) is 22.8 Å². The summed E-state index contributed by atoms with van der Waals surface area (Å²) in [6.07, 6.45) is -4.05. The van der Waals surface area contributed by atoms with E-state index in [1.807, 2.05) is 0 Å². The Kier molecular flexibility index (Phi) is 6.24. The van der Waals surface area contributed by atoms with Crippen molar-refractivity contribution in [3.63, 3.8) is 0 Å². The summed E-state index contributed by atoms with van der Waals surface area (Å²) in [6.45, 7) is 3.16. The molecule has 0 saturated carbocycles. The Balaban J connectivity index is 1.93. The van der Waals surface area contributed by atoms with Gasteiger partial charge in [0.15, 0.2) is 0 Å². The third-order valence-electron chi connectivity index (χ3n) is 4.08. The molecule has 0 aliphatic heterocycles. The maximum absolute atomic E-state index is 13.0. The van der Waals surface area contributed by atoms with Gasteiger partial charge in [-0.05, 0) is 32.4 Å². The molecule has 2 amide bonds. The lowest BCUT2D eigenvalue weighted by atomic mass is 10.1. The molecule has 0 aliphatic rings. The predicted octanol–water partition coefficient (Wildman–Crippen LogP) is 3.34. The molecule has 27 heavy (non-hydrogen) atoms. The van der Waals surface area contributed by atoms with Gasteiger partial charge in [-0.3, -0.25) is 9.59 Å². The first-order valence-electron chi connectivity index (χ1n) is 8.21. The number of amides is 2. The minimum Gasteiger partial charge on any atom is -0.361 e. The van der Waals surface area contributed by atoms with E-state index in [4.69, 9.17) is 4.52 Å². The fourth-order valence-electron chi connectivity index (χ4n) is 2.61. The first-order valence-corrected chi connectivity index (χ1v) is 8.21. The molecule has 0 fully saturated rings. The van der Waals surface area contributed by atoms with Gasteiger partial charge in [0.1, 0.15) is 5.76 Å². The number of alkyl halides is 3. The van der Waals surface area contributed by atoms with Crippen molar-refractivity contribution < 1.29 is 27.3 Å². The van der Waals surface area contributed by atoms with Crippen molar-refractivity contribution in [3.8, 4) is 0 Å². The molecule has 2 aromatic rings. The molecule has 6 nitrogen and oxygen atoms in total. The molecule has 0 aliphatic carbocycles. The van der Waals surface area contributed by atoms with Crippen molar-refractivity contribution in [1.29, 1.82) is 0 Å². The molecule has 0 bridgehead atoms. The minimum atomic E-state index is -4.58. The number of carbonyl (C=O) groups excluding carboxylic acids is 2. The van der Waals surface area contributed by atoms with Crippen LogP contribution in [0.2, 0.25) is 0 Å². The highest BCUT2D eigenvalue weighted by atomic mass is 19.4. The van der Waals surface area contributed by atoms with E-state index in [2.05, 4.69) is 10.5 Å². The maximum Gasteiger partial charge on any atom is 0.418 e. The van der Waals surface area contributed by atoms with Gasteiger partial charge in [-0.25, -0.2) is 0 Å². The van der Waals surface area contributed by atoms with Crippen molar-refractivity contribution in [1.82, 2.24) is 10.1 Å². The van der Waals surface area contributed by atoms with E-state index in [0.717, 1.165) is 11.6 Å². The van der Waals surface area contributed by atoms with Crippen molar-refractivity contribution in [2.24, 2.45) is 0 Å². The second-order valence-electron chi connectivity index (χ2n) is 6.14. The molecule has 2 rings (SSSR count). The molecule has 1 N–H and O–H groups in total. The zero-order valence-corrected chi connectivity index (χ0v) is 15.2. The van der Waals surface area contributed by atoms with Gasteiger partial charge in [0.05, 0.1) is 23.5 Å². The topological polar surface area (TPSA) is 75.4 Å². The number of hydrogen-bond acceptors (Lipinski definition) is 4. The molecule has 1 aromatic carbocycles.